The Labute approximate surface area is 96.1 Å². The molecule has 16 heavy (non-hydrogen) atoms. The van der Waals surface area contributed by atoms with Crippen LogP contribution in [0, 0.1) is 11.7 Å². The van der Waals surface area contributed by atoms with Gasteiger partial charge in [-0.25, -0.2) is 4.39 Å². The average Bonchev–Trinajstić information content (AvgIpc) is 2.25. The van der Waals surface area contributed by atoms with E-state index >= 15 is 0 Å². The summed E-state index contributed by atoms with van der Waals surface area (Å²) in [4.78, 5) is 12.7. The standard InChI is InChI=1S/C13H18FNO/c1-10(2)7-8-15(3)13-6-4-5-12(14)11(13)9-16/h4-6,9-10H,7-8H2,1-3H3. The van der Waals surface area contributed by atoms with Gasteiger partial charge in [0.15, 0.2) is 6.29 Å². The minimum atomic E-state index is -0.455. The SMILES string of the molecule is CC(C)CCN(C)c1cccc(F)c1C=O. The van der Waals surface area contributed by atoms with Crippen LogP contribution in [0.4, 0.5) is 10.1 Å². The summed E-state index contributed by atoms with van der Waals surface area (Å²) in [6, 6.07) is 4.71. The fourth-order valence-corrected chi connectivity index (χ4v) is 1.55. The lowest BCUT2D eigenvalue weighted by molar-refractivity contribution is 0.112. The van der Waals surface area contributed by atoms with E-state index in [9.17, 15) is 9.18 Å². The summed E-state index contributed by atoms with van der Waals surface area (Å²) in [7, 11) is 1.88. The smallest absolute Gasteiger partial charge is 0.155 e. The highest BCUT2D eigenvalue weighted by atomic mass is 19.1. The van der Waals surface area contributed by atoms with Crippen molar-refractivity contribution >= 4 is 12.0 Å². The third-order valence-corrected chi connectivity index (χ3v) is 2.60. The molecule has 0 heterocycles. The number of aldehydes is 1. The number of hydrogen-bond donors (Lipinski definition) is 0. The zero-order chi connectivity index (χ0) is 12.1. The highest BCUT2D eigenvalue weighted by Crippen LogP contribution is 2.21. The van der Waals surface area contributed by atoms with Crippen LogP contribution in [-0.2, 0) is 0 Å². The highest BCUT2D eigenvalue weighted by molar-refractivity contribution is 5.84. The average molecular weight is 223 g/mol. The van der Waals surface area contributed by atoms with Gasteiger partial charge >= 0.3 is 0 Å². The van der Waals surface area contributed by atoms with Crippen LogP contribution in [0.1, 0.15) is 30.6 Å². The monoisotopic (exact) mass is 223 g/mol. The van der Waals surface area contributed by atoms with Gasteiger partial charge in [-0.1, -0.05) is 19.9 Å². The molecule has 3 heteroatoms. The number of hydrogen-bond acceptors (Lipinski definition) is 2. The van der Waals surface area contributed by atoms with Crippen molar-refractivity contribution in [3.8, 4) is 0 Å². The highest BCUT2D eigenvalue weighted by Gasteiger charge is 2.11. The maximum absolute atomic E-state index is 13.4. The Morgan fingerprint density at radius 1 is 1.44 bits per heavy atom. The van der Waals surface area contributed by atoms with Crippen molar-refractivity contribution in [3.05, 3.63) is 29.6 Å². The van der Waals surface area contributed by atoms with Crippen LogP contribution >= 0.6 is 0 Å². The lowest BCUT2D eigenvalue weighted by atomic mass is 10.1. The molecule has 0 aromatic heterocycles. The molecule has 0 amide bonds. The number of anilines is 1. The molecule has 1 aromatic rings. The Bertz CT molecular complexity index is 363. The molecule has 0 fully saturated rings. The van der Waals surface area contributed by atoms with E-state index in [1.54, 1.807) is 12.1 Å². The van der Waals surface area contributed by atoms with Crippen LogP contribution in [-0.4, -0.2) is 19.9 Å². The molecule has 0 unspecified atom stereocenters. The maximum Gasteiger partial charge on any atom is 0.155 e. The van der Waals surface area contributed by atoms with Gasteiger partial charge in [-0.05, 0) is 24.5 Å². The molecule has 0 aliphatic carbocycles. The van der Waals surface area contributed by atoms with Crippen molar-refractivity contribution in [2.75, 3.05) is 18.5 Å². The predicted octanol–water partition coefficient (Wildman–Crippen LogP) is 3.12. The fraction of sp³-hybridized carbons (Fsp3) is 0.462. The van der Waals surface area contributed by atoms with Crippen molar-refractivity contribution in [1.82, 2.24) is 0 Å². The molecule has 0 atom stereocenters. The van der Waals surface area contributed by atoms with Gasteiger partial charge in [0.1, 0.15) is 5.82 Å². The number of carbonyl (C=O) groups excluding carboxylic acids is 1. The van der Waals surface area contributed by atoms with Crippen molar-refractivity contribution < 1.29 is 9.18 Å². The van der Waals surface area contributed by atoms with Gasteiger partial charge in [-0.2, -0.15) is 0 Å². The van der Waals surface area contributed by atoms with Gasteiger partial charge in [0.25, 0.3) is 0 Å². The Morgan fingerprint density at radius 2 is 2.12 bits per heavy atom. The first-order chi connectivity index (χ1) is 7.56. The van der Waals surface area contributed by atoms with E-state index in [-0.39, 0.29) is 5.56 Å². The van der Waals surface area contributed by atoms with Crippen LogP contribution in [0.15, 0.2) is 18.2 Å². The molecule has 0 radical (unpaired) electrons. The van der Waals surface area contributed by atoms with Crippen LogP contribution in [0.2, 0.25) is 0 Å². The first-order valence-corrected chi connectivity index (χ1v) is 5.51. The molecule has 0 saturated carbocycles. The van der Waals surface area contributed by atoms with Crippen molar-refractivity contribution in [2.24, 2.45) is 5.92 Å². The van der Waals surface area contributed by atoms with Gasteiger partial charge in [-0.3, -0.25) is 4.79 Å². The van der Waals surface area contributed by atoms with Gasteiger partial charge < -0.3 is 4.90 Å². The molecule has 0 aliphatic rings. The van der Waals surface area contributed by atoms with Crippen LogP contribution in [0.3, 0.4) is 0 Å². The largest absolute Gasteiger partial charge is 0.374 e. The summed E-state index contributed by atoms with van der Waals surface area (Å²) in [6.07, 6.45) is 1.60. The molecule has 2 nitrogen and oxygen atoms in total. The molecular formula is C13H18FNO. The summed E-state index contributed by atoms with van der Waals surface area (Å²) < 4.78 is 13.4. The van der Waals surface area contributed by atoms with E-state index in [4.69, 9.17) is 0 Å². The Morgan fingerprint density at radius 3 is 2.69 bits per heavy atom. The van der Waals surface area contributed by atoms with Gasteiger partial charge in [0.05, 0.1) is 5.56 Å². The second-order valence-corrected chi connectivity index (χ2v) is 4.39. The minimum absolute atomic E-state index is 0.147. The number of rotatable bonds is 5. The number of carbonyl (C=O) groups is 1. The lowest BCUT2D eigenvalue weighted by Gasteiger charge is -2.22. The zero-order valence-electron chi connectivity index (χ0n) is 10.0. The summed E-state index contributed by atoms with van der Waals surface area (Å²) >= 11 is 0. The third-order valence-electron chi connectivity index (χ3n) is 2.60. The Hall–Kier alpha value is -1.38. The van der Waals surface area contributed by atoms with Crippen LogP contribution < -0.4 is 4.90 Å². The zero-order valence-corrected chi connectivity index (χ0v) is 10.0. The lowest BCUT2D eigenvalue weighted by Crippen LogP contribution is -2.21. The second kappa shape index (κ2) is 5.64. The molecule has 0 spiro atoms. The van der Waals surface area contributed by atoms with Crippen LogP contribution in [0.25, 0.3) is 0 Å². The van der Waals surface area contributed by atoms with E-state index in [2.05, 4.69) is 13.8 Å². The quantitative estimate of drug-likeness (QED) is 0.715. The molecule has 0 N–H and O–H groups in total. The molecule has 0 bridgehead atoms. The number of halogens is 1. The summed E-state index contributed by atoms with van der Waals surface area (Å²) in [5.41, 5.74) is 0.810. The maximum atomic E-state index is 13.4. The number of benzene rings is 1. The van der Waals surface area contributed by atoms with E-state index in [0.29, 0.717) is 17.9 Å². The summed E-state index contributed by atoms with van der Waals surface area (Å²) in [6.45, 7) is 5.10. The molecule has 88 valence electrons. The minimum Gasteiger partial charge on any atom is -0.374 e. The van der Waals surface area contributed by atoms with Crippen molar-refractivity contribution in [2.45, 2.75) is 20.3 Å². The van der Waals surface area contributed by atoms with E-state index in [0.717, 1.165) is 13.0 Å². The molecule has 0 saturated heterocycles. The van der Waals surface area contributed by atoms with Gasteiger partial charge in [-0.15, -0.1) is 0 Å². The van der Waals surface area contributed by atoms with Crippen molar-refractivity contribution in [3.63, 3.8) is 0 Å². The van der Waals surface area contributed by atoms with E-state index in [1.807, 2.05) is 11.9 Å². The molecule has 1 aromatic carbocycles. The first kappa shape index (κ1) is 12.7. The normalized spacial score (nSPS) is 10.6. The fourth-order valence-electron chi connectivity index (χ4n) is 1.55. The van der Waals surface area contributed by atoms with E-state index in [1.165, 1.54) is 6.07 Å². The third kappa shape index (κ3) is 3.05. The predicted molar refractivity (Wildman–Crippen MR) is 64.5 cm³/mol. The number of nitrogens with zero attached hydrogens (tertiary/aromatic N) is 1. The van der Waals surface area contributed by atoms with Gasteiger partial charge in [0, 0.05) is 19.3 Å². The molecular weight excluding hydrogens is 205 g/mol. The van der Waals surface area contributed by atoms with Gasteiger partial charge in [0.2, 0.25) is 0 Å². The topological polar surface area (TPSA) is 20.3 Å². The Balaban J connectivity index is 2.86. The molecule has 1 rings (SSSR count). The Kier molecular flexibility index (Phi) is 4.47. The van der Waals surface area contributed by atoms with Crippen molar-refractivity contribution in [1.29, 1.82) is 0 Å². The summed E-state index contributed by atoms with van der Waals surface area (Å²) in [5, 5.41) is 0. The molecule has 0 aliphatic heterocycles. The summed E-state index contributed by atoms with van der Waals surface area (Å²) in [5.74, 6) is 0.139. The van der Waals surface area contributed by atoms with E-state index < -0.39 is 5.82 Å². The second-order valence-electron chi connectivity index (χ2n) is 4.39. The first-order valence-electron chi connectivity index (χ1n) is 5.51. The van der Waals surface area contributed by atoms with Crippen LogP contribution in [0.5, 0.6) is 0 Å².